The molecule has 0 spiro atoms. The van der Waals surface area contributed by atoms with Crippen molar-refractivity contribution in [2.45, 2.75) is 49.8 Å². The molecule has 3 rings (SSSR count). The van der Waals surface area contributed by atoms with Gasteiger partial charge in [-0.15, -0.1) is 0 Å². The average Bonchev–Trinajstić information content (AvgIpc) is 2.76. The van der Waals surface area contributed by atoms with Crippen LogP contribution in [0.5, 0.6) is 0 Å². The topological polar surface area (TPSA) is 93.9 Å². The maximum absolute atomic E-state index is 9.82. The molecular weight excluding hydrogens is 254 g/mol. The second kappa shape index (κ2) is 5.35. The summed E-state index contributed by atoms with van der Waals surface area (Å²) < 4.78 is 0. The van der Waals surface area contributed by atoms with E-state index in [1.165, 1.54) is 0 Å². The number of nitrogens with one attached hydrogen (secondary N) is 2. The lowest BCUT2D eigenvalue weighted by Gasteiger charge is -2.21. The van der Waals surface area contributed by atoms with Gasteiger partial charge in [0.1, 0.15) is 6.07 Å². The van der Waals surface area contributed by atoms with E-state index in [1.807, 2.05) is 0 Å². The Morgan fingerprint density at radius 1 is 1.45 bits per heavy atom. The summed E-state index contributed by atoms with van der Waals surface area (Å²) in [4.78, 5) is 8.62. The van der Waals surface area contributed by atoms with Crippen LogP contribution in [0, 0.1) is 11.3 Å². The number of aliphatic hydroxyl groups excluding tert-OH is 1. The third kappa shape index (κ3) is 2.35. The lowest BCUT2D eigenvalue weighted by Crippen LogP contribution is -2.29. The molecule has 0 saturated carbocycles. The van der Waals surface area contributed by atoms with Crippen LogP contribution in [0.4, 0.5) is 5.95 Å². The summed E-state index contributed by atoms with van der Waals surface area (Å²) in [5.74, 6) is 0.788. The first-order valence-electron chi connectivity index (χ1n) is 7.10. The molecular formula is C14H19N5O. The van der Waals surface area contributed by atoms with Gasteiger partial charge in [0.2, 0.25) is 5.95 Å². The molecule has 2 aliphatic rings. The predicted octanol–water partition coefficient (Wildman–Crippen LogP) is 0.749. The molecule has 4 atom stereocenters. The molecule has 2 bridgehead atoms. The summed E-state index contributed by atoms with van der Waals surface area (Å²) in [6, 6.07) is 2.81. The molecule has 0 amide bonds. The van der Waals surface area contributed by atoms with Crippen LogP contribution < -0.4 is 10.6 Å². The number of aromatic nitrogens is 2. The number of rotatable bonds is 2. The molecule has 2 fully saturated rings. The van der Waals surface area contributed by atoms with Crippen LogP contribution in [0.15, 0.2) is 6.20 Å². The highest BCUT2D eigenvalue weighted by atomic mass is 16.3. The number of hydrogen-bond acceptors (Lipinski definition) is 6. The Morgan fingerprint density at radius 3 is 3.05 bits per heavy atom. The third-order valence-corrected chi connectivity index (χ3v) is 4.35. The Hall–Kier alpha value is -1.71. The fourth-order valence-corrected chi connectivity index (χ4v) is 3.41. The highest BCUT2D eigenvalue weighted by molar-refractivity contribution is 5.39. The summed E-state index contributed by atoms with van der Waals surface area (Å²) in [5.41, 5.74) is 1.39. The SMILES string of the molecule is CNc1ncc(C#N)c(C2CC3CC(O)CCC2N3)n1. The normalized spacial score (nSPS) is 32.5. The van der Waals surface area contributed by atoms with Crippen LogP contribution in [0.2, 0.25) is 0 Å². The van der Waals surface area contributed by atoms with E-state index in [0.29, 0.717) is 23.6 Å². The zero-order chi connectivity index (χ0) is 14.1. The number of nitrogens with zero attached hydrogens (tertiary/aromatic N) is 3. The molecule has 106 valence electrons. The largest absolute Gasteiger partial charge is 0.393 e. The van der Waals surface area contributed by atoms with Crippen molar-refractivity contribution >= 4 is 5.95 Å². The van der Waals surface area contributed by atoms with Crippen molar-refractivity contribution in [3.05, 3.63) is 17.5 Å². The molecule has 6 nitrogen and oxygen atoms in total. The van der Waals surface area contributed by atoms with E-state index in [9.17, 15) is 10.4 Å². The van der Waals surface area contributed by atoms with Crippen molar-refractivity contribution in [1.82, 2.24) is 15.3 Å². The minimum absolute atomic E-state index is 0.202. The summed E-state index contributed by atoms with van der Waals surface area (Å²) >= 11 is 0. The lowest BCUT2D eigenvalue weighted by molar-refractivity contribution is 0.145. The monoisotopic (exact) mass is 273 g/mol. The molecule has 0 radical (unpaired) electrons. The van der Waals surface area contributed by atoms with Crippen LogP contribution in [0.1, 0.15) is 42.9 Å². The van der Waals surface area contributed by atoms with Gasteiger partial charge in [0.05, 0.1) is 23.6 Å². The van der Waals surface area contributed by atoms with Crippen LogP contribution >= 0.6 is 0 Å². The number of nitriles is 1. The minimum Gasteiger partial charge on any atom is -0.393 e. The van der Waals surface area contributed by atoms with E-state index in [-0.39, 0.29) is 12.0 Å². The maximum atomic E-state index is 9.82. The minimum atomic E-state index is -0.202. The van der Waals surface area contributed by atoms with Crippen molar-refractivity contribution in [3.8, 4) is 6.07 Å². The highest BCUT2D eigenvalue weighted by Crippen LogP contribution is 2.38. The first-order valence-corrected chi connectivity index (χ1v) is 7.10. The lowest BCUT2D eigenvalue weighted by atomic mass is 9.86. The molecule has 1 aromatic rings. The van der Waals surface area contributed by atoms with Crippen LogP contribution in [0.3, 0.4) is 0 Å². The van der Waals surface area contributed by atoms with E-state index in [2.05, 4.69) is 26.7 Å². The van der Waals surface area contributed by atoms with Crippen molar-refractivity contribution in [2.24, 2.45) is 0 Å². The zero-order valence-corrected chi connectivity index (χ0v) is 11.5. The zero-order valence-electron chi connectivity index (χ0n) is 11.5. The van der Waals surface area contributed by atoms with Gasteiger partial charge in [-0.2, -0.15) is 5.26 Å². The van der Waals surface area contributed by atoms with E-state index >= 15 is 0 Å². The fraction of sp³-hybridized carbons (Fsp3) is 0.643. The van der Waals surface area contributed by atoms with Crippen molar-refractivity contribution in [3.63, 3.8) is 0 Å². The molecule has 2 aliphatic heterocycles. The Kier molecular flexibility index (Phi) is 3.55. The summed E-state index contributed by atoms with van der Waals surface area (Å²) in [5, 5.41) is 25.6. The van der Waals surface area contributed by atoms with Crippen molar-refractivity contribution in [1.29, 1.82) is 5.26 Å². The summed E-state index contributed by atoms with van der Waals surface area (Å²) in [7, 11) is 1.78. The summed E-state index contributed by atoms with van der Waals surface area (Å²) in [6.07, 6.45) is 4.85. The highest BCUT2D eigenvalue weighted by Gasteiger charge is 2.39. The predicted molar refractivity (Wildman–Crippen MR) is 74.2 cm³/mol. The van der Waals surface area contributed by atoms with Gasteiger partial charge in [0, 0.05) is 25.0 Å². The van der Waals surface area contributed by atoms with Crippen LogP contribution in [-0.4, -0.2) is 40.3 Å². The van der Waals surface area contributed by atoms with Crippen LogP contribution in [0.25, 0.3) is 0 Å². The Balaban J connectivity index is 1.92. The Morgan fingerprint density at radius 2 is 2.30 bits per heavy atom. The number of aliphatic hydroxyl groups is 1. The second-order valence-corrected chi connectivity index (χ2v) is 5.63. The average molecular weight is 273 g/mol. The van der Waals surface area contributed by atoms with Gasteiger partial charge in [0.15, 0.2) is 0 Å². The Bertz CT molecular complexity index is 541. The standard InChI is InChI=1S/C14H19N5O/c1-16-14-17-7-8(6-15)13(19-14)11-5-9-4-10(20)2-3-12(11)18-9/h7,9-12,18,20H,2-5H2,1H3,(H,16,17,19). The van der Waals surface area contributed by atoms with Gasteiger partial charge < -0.3 is 15.7 Å². The molecule has 3 N–H and O–H groups in total. The van der Waals surface area contributed by atoms with Gasteiger partial charge in [-0.1, -0.05) is 0 Å². The maximum Gasteiger partial charge on any atom is 0.222 e. The van der Waals surface area contributed by atoms with E-state index in [1.54, 1.807) is 13.2 Å². The molecule has 3 heterocycles. The Labute approximate surface area is 118 Å². The van der Waals surface area contributed by atoms with Gasteiger partial charge in [-0.3, -0.25) is 0 Å². The van der Waals surface area contributed by atoms with Gasteiger partial charge >= 0.3 is 0 Å². The first kappa shape index (κ1) is 13.3. The quantitative estimate of drug-likeness (QED) is 0.736. The molecule has 4 unspecified atom stereocenters. The van der Waals surface area contributed by atoms with Crippen molar-refractivity contribution in [2.75, 3.05) is 12.4 Å². The molecule has 6 heteroatoms. The molecule has 0 aliphatic carbocycles. The van der Waals surface area contributed by atoms with Crippen molar-refractivity contribution < 1.29 is 5.11 Å². The van der Waals surface area contributed by atoms with Gasteiger partial charge in [0.25, 0.3) is 0 Å². The summed E-state index contributed by atoms with van der Waals surface area (Å²) in [6.45, 7) is 0. The van der Waals surface area contributed by atoms with Gasteiger partial charge in [-0.25, -0.2) is 9.97 Å². The molecule has 2 saturated heterocycles. The van der Waals surface area contributed by atoms with Gasteiger partial charge in [-0.05, 0) is 25.7 Å². The van der Waals surface area contributed by atoms with E-state index in [0.717, 1.165) is 31.4 Å². The molecule has 1 aromatic heterocycles. The third-order valence-electron chi connectivity index (χ3n) is 4.35. The smallest absolute Gasteiger partial charge is 0.222 e. The number of anilines is 1. The number of fused-ring (bicyclic) bond motifs is 2. The van der Waals surface area contributed by atoms with E-state index < -0.39 is 0 Å². The first-order chi connectivity index (χ1) is 9.71. The molecule has 20 heavy (non-hydrogen) atoms. The van der Waals surface area contributed by atoms with Crippen LogP contribution in [-0.2, 0) is 0 Å². The number of hydrogen-bond donors (Lipinski definition) is 3. The van der Waals surface area contributed by atoms with E-state index in [4.69, 9.17) is 0 Å². The fourth-order valence-electron chi connectivity index (χ4n) is 3.41. The molecule has 0 aromatic carbocycles. The second-order valence-electron chi connectivity index (χ2n) is 5.63.